The Morgan fingerprint density at radius 2 is 1.87 bits per heavy atom. The highest BCUT2D eigenvalue weighted by Crippen LogP contribution is 2.34. The second-order valence-electron chi connectivity index (χ2n) is 8.27. The van der Waals surface area contributed by atoms with E-state index in [1.54, 1.807) is 31.7 Å². The number of rotatable bonds is 2. The molecule has 1 aliphatic rings. The molecule has 2 heterocycles. The number of hydrogen-bond donors (Lipinski definition) is 0. The predicted octanol–water partition coefficient (Wildman–Crippen LogP) is 4.70. The van der Waals surface area contributed by atoms with E-state index in [2.05, 4.69) is 0 Å². The number of carbonyl (C=O) groups is 1. The van der Waals surface area contributed by atoms with E-state index >= 15 is 0 Å². The Kier molecular flexibility index (Phi) is 4.85. The highest BCUT2D eigenvalue weighted by atomic mass is 32.2. The van der Waals surface area contributed by atoms with Crippen molar-refractivity contribution in [2.45, 2.75) is 49.1 Å². The molecule has 0 saturated carbocycles. The summed E-state index contributed by atoms with van der Waals surface area (Å²) < 4.78 is 50.8. The van der Waals surface area contributed by atoms with Crippen LogP contribution < -0.4 is 0 Å². The summed E-state index contributed by atoms with van der Waals surface area (Å²) >= 11 is 0. The van der Waals surface area contributed by atoms with Crippen LogP contribution in [0, 0.1) is 5.82 Å². The molecule has 0 saturated heterocycles. The van der Waals surface area contributed by atoms with E-state index in [4.69, 9.17) is 9.15 Å². The van der Waals surface area contributed by atoms with Gasteiger partial charge in [0.15, 0.2) is 0 Å². The van der Waals surface area contributed by atoms with Gasteiger partial charge in [0, 0.05) is 23.9 Å². The normalized spacial score (nSPS) is 14.6. The van der Waals surface area contributed by atoms with E-state index in [0.717, 1.165) is 17.4 Å². The maximum Gasteiger partial charge on any atom is 0.410 e. The molecule has 0 spiro atoms. The average Bonchev–Trinajstić information content (AvgIpc) is 3.03. The van der Waals surface area contributed by atoms with Crippen molar-refractivity contribution in [3.63, 3.8) is 0 Å². The van der Waals surface area contributed by atoms with Crippen molar-refractivity contribution in [2.24, 2.45) is 0 Å². The number of fused-ring (bicyclic) bond motifs is 3. The Hall–Kier alpha value is -2.87. The number of furan rings is 1. The van der Waals surface area contributed by atoms with Crippen LogP contribution in [0.15, 0.2) is 56.7 Å². The summed E-state index contributed by atoms with van der Waals surface area (Å²) in [5, 5.41) is 0.621. The van der Waals surface area contributed by atoms with Gasteiger partial charge in [-0.3, -0.25) is 0 Å². The van der Waals surface area contributed by atoms with Crippen molar-refractivity contribution >= 4 is 26.9 Å². The van der Waals surface area contributed by atoms with E-state index in [9.17, 15) is 17.6 Å². The van der Waals surface area contributed by atoms with Crippen molar-refractivity contribution < 1.29 is 26.8 Å². The van der Waals surface area contributed by atoms with Crippen LogP contribution in [0.3, 0.4) is 0 Å². The third-order valence-electron chi connectivity index (χ3n) is 4.87. The lowest BCUT2D eigenvalue weighted by molar-refractivity contribution is 0.0220. The Morgan fingerprint density at radius 3 is 2.57 bits per heavy atom. The molecule has 0 N–H and O–H groups in total. The molecule has 0 fully saturated rings. The SMILES string of the molecule is CC(C)(C)OC(=O)N1CCc2oc3ccc(S(=O)(=O)c4cccc(F)c4)cc3c2C1. The van der Waals surface area contributed by atoms with Crippen molar-refractivity contribution in [3.05, 3.63) is 59.6 Å². The third-order valence-corrected chi connectivity index (χ3v) is 6.62. The molecule has 6 nitrogen and oxygen atoms in total. The van der Waals surface area contributed by atoms with E-state index in [1.807, 2.05) is 0 Å². The molecule has 4 rings (SSSR count). The summed E-state index contributed by atoms with van der Waals surface area (Å²) in [5.74, 6) is 0.107. The molecule has 0 atom stereocenters. The molecular weight excluding hydrogens is 409 g/mol. The van der Waals surface area contributed by atoms with Gasteiger partial charge in [-0.05, 0) is 57.2 Å². The number of benzene rings is 2. The number of amides is 1. The number of ether oxygens (including phenoxy) is 1. The molecular formula is C22H22FNO5S. The molecule has 1 aromatic heterocycles. The number of halogens is 1. The fourth-order valence-electron chi connectivity index (χ4n) is 3.48. The van der Waals surface area contributed by atoms with Crippen LogP contribution in [0.2, 0.25) is 0 Å². The molecule has 0 unspecified atom stereocenters. The van der Waals surface area contributed by atoms with E-state index < -0.39 is 27.3 Å². The van der Waals surface area contributed by atoms with Gasteiger partial charge in [0.1, 0.15) is 22.8 Å². The molecule has 0 bridgehead atoms. The van der Waals surface area contributed by atoms with Crippen LogP contribution in [0.5, 0.6) is 0 Å². The number of sulfone groups is 1. The van der Waals surface area contributed by atoms with Crippen molar-refractivity contribution in [1.29, 1.82) is 0 Å². The maximum absolute atomic E-state index is 13.5. The lowest BCUT2D eigenvalue weighted by Crippen LogP contribution is -2.39. The van der Waals surface area contributed by atoms with E-state index in [1.165, 1.54) is 30.3 Å². The largest absolute Gasteiger partial charge is 0.461 e. The summed E-state index contributed by atoms with van der Waals surface area (Å²) in [6.45, 7) is 6.13. The fraction of sp³-hybridized carbons (Fsp3) is 0.318. The highest BCUT2D eigenvalue weighted by Gasteiger charge is 2.29. The van der Waals surface area contributed by atoms with Crippen molar-refractivity contribution in [1.82, 2.24) is 4.90 Å². The molecule has 1 aliphatic heterocycles. The van der Waals surface area contributed by atoms with Gasteiger partial charge in [-0.2, -0.15) is 0 Å². The number of nitrogens with zero attached hydrogens (tertiary/aromatic N) is 1. The molecule has 0 aliphatic carbocycles. The Morgan fingerprint density at radius 1 is 1.13 bits per heavy atom. The van der Waals surface area contributed by atoms with E-state index in [0.29, 0.717) is 23.9 Å². The monoisotopic (exact) mass is 431 g/mol. The molecule has 158 valence electrons. The summed E-state index contributed by atoms with van der Waals surface area (Å²) in [6, 6.07) is 9.47. The van der Waals surface area contributed by atoms with Crippen LogP contribution in [-0.4, -0.2) is 31.6 Å². The Labute approximate surface area is 174 Å². The summed E-state index contributed by atoms with van der Waals surface area (Å²) in [5.41, 5.74) is 0.699. The van der Waals surface area contributed by atoms with Crippen LogP contribution in [0.25, 0.3) is 11.0 Å². The quantitative estimate of drug-likeness (QED) is 0.588. The first kappa shape index (κ1) is 20.4. The zero-order valence-corrected chi connectivity index (χ0v) is 17.8. The smallest absolute Gasteiger partial charge is 0.410 e. The second kappa shape index (κ2) is 7.12. The van der Waals surface area contributed by atoms with Gasteiger partial charge in [-0.1, -0.05) is 6.07 Å². The highest BCUT2D eigenvalue weighted by molar-refractivity contribution is 7.91. The Bertz CT molecular complexity index is 1240. The minimum Gasteiger partial charge on any atom is -0.461 e. The molecule has 1 amide bonds. The second-order valence-corrected chi connectivity index (χ2v) is 10.2. The topological polar surface area (TPSA) is 76.8 Å². The van der Waals surface area contributed by atoms with Gasteiger partial charge in [-0.25, -0.2) is 17.6 Å². The summed E-state index contributed by atoms with van der Waals surface area (Å²) in [7, 11) is -3.90. The van der Waals surface area contributed by atoms with Gasteiger partial charge in [0.2, 0.25) is 9.84 Å². The third kappa shape index (κ3) is 3.79. The Balaban J connectivity index is 1.72. The molecule has 0 radical (unpaired) electrons. The van der Waals surface area contributed by atoms with Crippen LogP contribution >= 0.6 is 0 Å². The zero-order valence-electron chi connectivity index (χ0n) is 16.9. The molecule has 30 heavy (non-hydrogen) atoms. The lowest BCUT2D eigenvalue weighted by Gasteiger charge is -2.29. The van der Waals surface area contributed by atoms with Crippen LogP contribution in [-0.2, 0) is 27.5 Å². The van der Waals surface area contributed by atoms with Crippen LogP contribution in [0.4, 0.5) is 9.18 Å². The summed E-state index contributed by atoms with van der Waals surface area (Å²) in [4.78, 5) is 14.0. The van der Waals surface area contributed by atoms with Gasteiger partial charge >= 0.3 is 6.09 Å². The minimum atomic E-state index is -3.90. The van der Waals surface area contributed by atoms with Gasteiger partial charge < -0.3 is 14.1 Å². The maximum atomic E-state index is 13.5. The number of hydrogen-bond acceptors (Lipinski definition) is 5. The zero-order chi connectivity index (χ0) is 21.7. The van der Waals surface area contributed by atoms with Gasteiger partial charge in [0.25, 0.3) is 0 Å². The predicted molar refractivity (Wildman–Crippen MR) is 108 cm³/mol. The first-order valence-corrected chi connectivity index (χ1v) is 11.1. The first-order chi connectivity index (χ1) is 14.0. The van der Waals surface area contributed by atoms with Crippen LogP contribution in [0.1, 0.15) is 32.1 Å². The fourth-order valence-corrected chi connectivity index (χ4v) is 4.80. The summed E-state index contributed by atoms with van der Waals surface area (Å²) in [6.07, 6.45) is 0.0842. The van der Waals surface area contributed by atoms with Crippen molar-refractivity contribution in [3.8, 4) is 0 Å². The molecule has 3 aromatic rings. The molecule has 8 heteroatoms. The van der Waals surface area contributed by atoms with Crippen molar-refractivity contribution in [2.75, 3.05) is 6.54 Å². The first-order valence-electron chi connectivity index (χ1n) is 9.57. The van der Waals surface area contributed by atoms with Gasteiger partial charge in [-0.15, -0.1) is 0 Å². The number of carbonyl (C=O) groups excluding carboxylic acids is 1. The average molecular weight is 431 g/mol. The van der Waals surface area contributed by atoms with E-state index in [-0.39, 0.29) is 16.3 Å². The standard InChI is InChI=1S/C22H22FNO5S/c1-22(2,3)29-21(25)24-10-9-20-18(13-24)17-12-16(7-8-19(17)28-20)30(26,27)15-6-4-5-14(23)11-15/h4-8,11-12H,9-10,13H2,1-3H3. The van der Waals surface area contributed by atoms with Gasteiger partial charge in [0.05, 0.1) is 16.3 Å². The minimum absolute atomic E-state index is 0.0404. The lowest BCUT2D eigenvalue weighted by atomic mass is 10.1. The molecule has 2 aromatic carbocycles.